The minimum absolute atomic E-state index is 0.282. The quantitative estimate of drug-likeness (QED) is 0.700. The molecule has 0 saturated heterocycles. The standard InChI is InChI=1S/C21H22F2N2O2/c22-17-7-5-15(6-8-17)9-13-24-19(26)21(11-12-21)20(27)25-14-10-16-3-1-2-4-18(16)23/h1-8H,9-14H2,(H,24,26)(H,25,27). The zero-order valence-corrected chi connectivity index (χ0v) is 14.9. The summed E-state index contributed by atoms with van der Waals surface area (Å²) in [6, 6.07) is 12.5. The highest BCUT2D eigenvalue weighted by Gasteiger charge is 2.56. The summed E-state index contributed by atoms with van der Waals surface area (Å²) in [6.45, 7) is 0.666. The normalized spacial score (nSPS) is 14.4. The smallest absolute Gasteiger partial charge is 0.235 e. The molecule has 0 spiro atoms. The molecular formula is C21H22F2N2O2. The van der Waals surface area contributed by atoms with Gasteiger partial charge in [0.25, 0.3) is 0 Å². The molecule has 0 aromatic heterocycles. The van der Waals surface area contributed by atoms with E-state index in [-0.39, 0.29) is 30.0 Å². The van der Waals surface area contributed by atoms with Gasteiger partial charge in [-0.25, -0.2) is 8.78 Å². The van der Waals surface area contributed by atoms with Crippen LogP contribution in [-0.4, -0.2) is 24.9 Å². The van der Waals surface area contributed by atoms with Gasteiger partial charge in [0.2, 0.25) is 11.8 Å². The topological polar surface area (TPSA) is 58.2 Å². The first-order valence-corrected chi connectivity index (χ1v) is 9.06. The molecular weight excluding hydrogens is 350 g/mol. The molecule has 4 nitrogen and oxygen atoms in total. The van der Waals surface area contributed by atoms with Crippen LogP contribution in [0.2, 0.25) is 0 Å². The minimum atomic E-state index is -1.00. The highest BCUT2D eigenvalue weighted by atomic mass is 19.1. The Morgan fingerprint density at radius 1 is 0.852 bits per heavy atom. The van der Waals surface area contributed by atoms with Crippen LogP contribution in [0.4, 0.5) is 8.78 Å². The van der Waals surface area contributed by atoms with E-state index < -0.39 is 5.41 Å². The first-order valence-electron chi connectivity index (χ1n) is 9.06. The third-order valence-electron chi connectivity index (χ3n) is 4.87. The summed E-state index contributed by atoms with van der Waals surface area (Å²) in [6.07, 6.45) is 1.97. The van der Waals surface area contributed by atoms with Crippen LogP contribution < -0.4 is 10.6 Å². The minimum Gasteiger partial charge on any atom is -0.355 e. The Labute approximate surface area is 157 Å². The molecule has 0 aliphatic heterocycles. The Morgan fingerprint density at radius 3 is 2.04 bits per heavy atom. The van der Waals surface area contributed by atoms with Crippen LogP contribution in [0.25, 0.3) is 0 Å². The van der Waals surface area contributed by atoms with E-state index in [0.29, 0.717) is 37.8 Å². The zero-order chi connectivity index (χ0) is 19.3. The molecule has 1 aliphatic rings. The number of hydrogen-bond acceptors (Lipinski definition) is 2. The molecule has 3 rings (SSSR count). The lowest BCUT2D eigenvalue weighted by Gasteiger charge is -2.15. The monoisotopic (exact) mass is 372 g/mol. The predicted molar refractivity (Wildman–Crippen MR) is 97.9 cm³/mol. The number of carbonyl (C=O) groups excluding carboxylic acids is 2. The SMILES string of the molecule is O=C(NCCc1ccc(F)cc1)C1(C(=O)NCCc2ccccc2F)CC1. The maximum atomic E-state index is 13.6. The lowest BCUT2D eigenvalue weighted by molar-refractivity contribution is -0.137. The maximum absolute atomic E-state index is 13.6. The van der Waals surface area contributed by atoms with Crippen molar-refractivity contribution >= 4 is 11.8 Å². The number of rotatable bonds is 8. The van der Waals surface area contributed by atoms with Gasteiger partial charge in [-0.2, -0.15) is 0 Å². The summed E-state index contributed by atoms with van der Waals surface area (Å²) in [5, 5.41) is 5.54. The van der Waals surface area contributed by atoms with Crippen molar-refractivity contribution in [2.24, 2.45) is 5.41 Å². The summed E-state index contributed by atoms with van der Waals surface area (Å²) < 4.78 is 26.5. The Balaban J connectivity index is 1.44. The number of carbonyl (C=O) groups is 2. The lowest BCUT2D eigenvalue weighted by Crippen LogP contribution is -2.44. The summed E-state index contributed by atoms with van der Waals surface area (Å²) in [7, 11) is 0. The Bertz CT molecular complexity index is 817. The molecule has 2 amide bonds. The predicted octanol–water partition coefficient (Wildman–Crippen LogP) is 2.76. The molecule has 27 heavy (non-hydrogen) atoms. The fourth-order valence-corrected chi connectivity index (χ4v) is 3.00. The van der Waals surface area contributed by atoms with Crippen LogP contribution in [0.3, 0.4) is 0 Å². The molecule has 0 bridgehead atoms. The van der Waals surface area contributed by atoms with Crippen LogP contribution in [0, 0.1) is 17.0 Å². The number of nitrogens with one attached hydrogen (secondary N) is 2. The van der Waals surface area contributed by atoms with Gasteiger partial charge in [0.15, 0.2) is 0 Å². The van der Waals surface area contributed by atoms with Gasteiger partial charge >= 0.3 is 0 Å². The molecule has 142 valence electrons. The molecule has 1 fully saturated rings. The molecule has 2 aromatic rings. The first-order chi connectivity index (χ1) is 13.0. The van der Waals surface area contributed by atoms with E-state index in [4.69, 9.17) is 0 Å². The summed E-state index contributed by atoms with van der Waals surface area (Å²) in [5.74, 6) is -1.19. The average molecular weight is 372 g/mol. The van der Waals surface area contributed by atoms with Crippen molar-refractivity contribution in [3.8, 4) is 0 Å². The second kappa shape index (κ2) is 8.29. The van der Waals surface area contributed by atoms with Gasteiger partial charge in [-0.05, 0) is 55.0 Å². The van der Waals surface area contributed by atoms with Crippen molar-refractivity contribution in [1.29, 1.82) is 0 Å². The van der Waals surface area contributed by atoms with E-state index >= 15 is 0 Å². The van der Waals surface area contributed by atoms with Gasteiger partial charge in [-0.3, -0.25) is 9.59 Å². The fourth-order valence-electron chi connectivity index (χ4n) is 3.00. The molecule has 0 unspecified atom stereocenters. The Hall–Kier alpha value is -2.76. The summed E-state index contributed by atoms with van der Waals surface area (Å²) >= 11 is 0. The molecule has 6 heteroatoms. The third-order valence-corrected chi connectivity index (χ3v) is 4.87. The van der Waals surface area contributed by atoms with Crippen molar-refractivity contribution in [1.82, 2.24) is 10.6 Å². The van der Waals surface area contributed by atoms with Crippen LogP contribution in [0.15, 0.2) is 48.5 Å². The molecule has 0 radical (unpaired) electrons. The van der Waals surface area contributed by atoms with Crippen molar-refractivity contribution in [2.75, 3.05) is 13.1 Å². The van der Waals surface area contributed by atoms with Gasteiger partial charge in [-0.1, -0.05) is 30.3 Å². The lowest BCUT2D eigenvalue weighted by atomic mass is 10.0. The summed E-state index contributed by atoms with van der Waals surface area (Å²) in [4.78, 5) is 24.8. The van der Waals surface area contributed by atoms with Crippen molar-refractivity contribution in [3.63, 3.8) is 0 Å². The maximum Gasteiger partial charge on any atom is 0.235 e. The number of amides is 2. The van der Waals surface area contributed by atoms with Crippen molar-refractivity contribution < 1.29 is 18.4 Å². The molecule has 1 saturated carbocycles. The molecule has 2 N–H and O–H groups in total. The summed E-state index contributed by atoms with van der Waals surface area (Å²) in [5.41, 5.74) is 0.445. The molecule has 1 aliphatic carbocycles. The third kappa shape index (κ3) is 4.70. The van der Waals surface area contributed by atoms with Gasteiger partial charge in [0, 0.05) is 13.1 Å². The second-order valence-corrected chi connectivity index (χ2v) is 6.81. The van der Waals surface area contributed by atoms with Gasteiger partial charge in [0.1, 0.15) is 17.0 Å². The fraction of sp³-hybridized carbons (Fsp3) is 0.333. The van der Waals surface area contributed by atoms with E-state index in [1.165, 1.54) is 18.2 Å². The van der Waals surface area contributed by atoms with Crippen LogP contribution in [0.5, 0.6) is 0 Å². The second-order valence-electron chi connectivity index (χ2n) is 6.81. The van der Waals surface area contributed by atoms with Crippen molar-refractivity contribution in [2.45, 2.75) is 25.7 Å². The van der Waals surface area contributed by atoms with E-state index in [2.05, 4.69) is 10.6 Å². The van der Waals surface area contributed by atoms with E-state index in [0.717, 1.165) is 5.56 Å². The molecule has 2 aromatic carbocycles. The van der Waals surface area contributed by atoms with E-state index in [9.17, 15) is 18.4 Å². The van der Waals surface area contributed by atoms with Gasteiger partial charge < -0.3 is 10.6 Å². The van der Waals surface area contributed by atoms with Crippen LogP contribution >= 0.6 is 0 Å². The largest absolute Gasteiger partial charge is 0.355 e. The first kappa shape index (κ1) is 19.0. The van der Waals surface area contributed by atoms with E-state index in [1.54, 1.807) is 30.3 Å². The zero-order valence-electron chi connectivity index (χ0n) is 14.9. The van der Waals surface area contributed by atoms with Gasteiger partial charge in [-0.15, -0.1) is 0 Å². The number of hydrogen-bond donors (Lipinski definition) is 2. The number of benzene rings is 2. The van der Waals surface area contributed by atoms with Crippen molar-refractivity contribution in [3.05, 3.63) is 71.3 Å². The average Bonchev–Trinajstić information content (AvgIpc) is 3.47. The highest BCUT2D eigenvalue weighted by molar-refractivity contribution is 6.07. The Morgan fingerprint density at radius 2 is 1.44 bits per heavy atom. The molecule has 0 atom stereocenters. The Kier molecular flexibility index (Phi) is 5.84. The van der Waals surface area contributed by atoms with E-state index in [1.807, 2.05) is 0 Å². The highest BCUT2D eigenvalue weighted by Crippen LogP contribution is 2.46. The molecule has 0 heterocycles. The number of halogens is 2. The van der Waals surface area contributed by atoms with Gasteiger partial charge in [0.05, 0.1) is 0 Å². The van der Waals surface area contributed by atoms with Crippen LogP contribution in [-0.2, 0) is 22.4 Å². The van der Waals surface area contributed by atoms with Crippen LogP contribution in [0.1, 0.15) is 24.0 Å².